The van der Waals surface area contributed by atoms with Crippen molar-refractivity contribution < 1.29 is 24.1 Å². The third-order valence-electron chi connectivity index (χ3n) is 4.71. The minimum absolute atomic E-state index is 0.0434. The normalized spacial score (nSPS) is 21.6. The second-order valence-electron chi connectivity index (χ2n) is 6.85. The molecule has 30 heavy (non-hydrogen) atoms. The molecule has 1 aromatic carbocycles. The van der Waals surface area contributed by atoms with E-state index in [0.29, 0.717) is 11.1 Å². The van der Waals surface area contributed by atoms with E-state index in [1.165, 1.54) is 10.8 Å². The van der Waals surface area contributed by atoms with Crippen LogP contribution < -0.4 is 11.2 Å². The van der Waals surface area contributed by atoms with E-state index in [1.807, 2.05) is 6.07 Å². The van der Waals surface area contributed by atoms with Gasteiger partial charge in [0.2, 0.25) is 0 Å². The number of nitrogens with zero attached hydrogens (tertiary/aromatic N) is 2. The molecule has 2 aromatic rings. The minimum atomic E-state index is -1.00. The Morgan fingerprint density at radius 1 is 1.40 bits per heavy atom. The van der Waals surface area contributed by atoms with E-state index in [4.69, 9.17) is 19.5 Å². The van der Waals surface area contributed by atoms with Gasteiger partial charge in [0.1, 0.15) is 25.0 Å². The summed E-state index contributed by atoms with van der Waals surface area (Å²) in [5.41, 5.74) is -0.185. The van der Waals surface area contributed by atoms with Gasteiger partial charge in [0.15, 0.2) is 0 Å². The van der Waals surface area contributed by atoms with Crippen LogP contribution in [-0.2, 0) is 14.2 Å². The van der Waals surface area contributed by atoms with E-state index < -0.39 is 41.9 Å². The lowest BCUT2D eigenvalue weighted by molar-refractivity contribution is -0.0632. The molecule has 1 saturated heterocycles. The van der Waals surface area contributed by atoms with Crippen LogP contribution in [0.2, 0.25) is 0 Å². The molecule has 1 aliphatic heterocycles. The third kappa shape index (κ3) is 4.94. The summed E-state index contributed by atoms with van der Waals surface area (Å²) in [5.74, 6) is 0. The van der Waals surface area contributed by atoms with Crippen LogP contribution >= 0.6 is 0 Å². The number of nitrogens with one attached hydrogen (secondary N) is 1. The molecule has 2 heterocycles. The lowest BCUT2D eigenvalue weighted by Crippen LogP contribution is -2.33. The van der Waals surface area contributed by atoms with E-state index in [0.717, 1.165) is 0 Å². The highest BCUT2D eigenvalue weighted by atomic mass is 16.7. The first kappa shape index (κ1) is 21.3. The van der Waals surface area contributed by atoms with Crippen molar-refractivity contribution in [2.75, 3.05) is 6.61 Å². The average molecular weight is 415 g/mol. The Morgan fingerprint density at radius 2 is 2.13 bits per heavy atom. The van der Waals surface area contributed by atoms with Gasteiger partial charge in [-0.2, -0.15) is 5.26 Å². The Balaban J connectivity index is 1.59. The summed E-state index contributed by atoms with van der Waals surface area (Å²) in [6.45, 7) is 1.24. The Kier molecular flexibility index (Phi) is 6.66. The van der Waals surface area contributed by atoms with Crippen molar-refractivity contribution in [1.82, 2.24) is 9.55 Å². The van der Waals surface area contributed by atoms with E-state index in [1.54, 1.807) is 37.3 Å². The van der Waals surface area contributed by atoms with Gasteiger partial charge in [-0.05, 0) is 12.5 Å². The zero-order chi connectivity index (χ0) is 21.7. The van der Waals surface area contributed by atoms with Gasteiger partial charge in [0, 0.05) is 18.2 Å². The van der Waals surface area contributed by atoms with Crippen molar-refractivity contribution >= 4 is 6.16 Å². The van der Waals surface area contributed by atoms with Gasteiger partial charge >= 0.3 is 11.8 Å². The molecule has 2 N–H and O–H groups in total. The Labute approximate surface area is 171 Å². The molecule has 0 radical (unpaired) electrons. The summed E-state index contributed by atoms with van der Waals surface area (Å²) >= 11 is 0. The molecule has 0 aliphatic carbocycles. The van der Waals surface area contributed by atoms with Crippen molar-refractivity contribution in [3.63, 3.8) is 0 Å². The predicted molar refractivity (Wildman–Crippen MR) is 102 cm³/mol. The number of aliphatic hydroxyl groups is 1. The number of H-pyrrole nitrogens is 1. The Hall–Kier alpha value is -3.42. The topological polar surface area (TPSA) is 144 Å². The van der Waals surface area contributed by atoms with Gasteiger partial charge in [-0.15, -0.1) is 0 Å². The lowest BCUT2D eigenvalue weighted by Gasteiger charge is -2.18. The summed E-state index contributed by atoms with van der Waals surface area (Å²) in [4.78, 5) is 37.7. The zero-order valence-corrected chi connectivity index (χ0v) is 16.2. The maximum atomic E-state index is 12.1. The number of benzene rings is 1. The number of aromatic nitrogens is 2. The zero-order valence-electron chi connectivity index (χ0n) is 16.2. The van der Waals surface area contributed by atoms with Crippen molar-refractivity contribution in [3.8, 4) is 6.07 Å². The number of carbonyl (C=O) groups excluding carboxylic acids is 1. The summed E-state index contributed by atoms with van der Waals surface area (Å²) in [5, 5.41) is 19.2. The van der Waals surface area contributed by atoms with E-state index >= 15 is 0 Å². The third-order valence-corrected chi connectivity index (χ3v) is 4.71. The van der Waals surface area contributed by atoms with E-state index in [-0.39, 0.29) is 19.4 Å². The molecule has 10 heteroatoms. The first-order chi connectivity index (χ1) is 14.4. The standard InChI is InChI=1S/C20H21N3O7/c1-12-10-23(19(26)22-18(12)25)17-9-14(24)16(29-17)11-28-20(27)30-15(7-8-21)13-5-3-2-4-6-13/h2-6,10,14-17,24H,7,9,11H2,1H3,(H,22,25,26)/t14-,15?,16+,17+/m0/s1. The van der Waals surface area contributed by atoms with Crippen LogP contribution in [0.5, 0.6) is 0 Å². The van der Waals surface area contributed by atoms with E-state index in [2.05, 4.69) is 4.98 Å². The van der Waals surface area contributed by atoms with Gasteiger partial charge in [0.25, 0.3) is 5.56 Å². The molecule has 0 spiro atoms. The van der Waals surface area contributed by atoms with Gasteiger partial charge in [0.05, 0.1) is 18.6 Å². The van der Waals surface area contributed by atoms with Gasteiger partial charge in [-0.25, -0.2) is 9.59 Å². The maximum absolute atomic E-state index is 12.1. The fourth-order valence-electron chi connectivity index (χ4n) is 3.11. The van der Waals surface area contributed by atoms with E-state index in [9.17, 15) is 19.5 Å². The van der Waals surface area contributed by atoms with Crippen LogP contribution in [0.25, 0.3) is 0 Å². The number of carbonyl (C=O) groups is 1. The summed E-state index contributed by atoms with van der Waals surface area (Å²) < 4.78 is 17.1. The molecule has 1 fully saturated rings. The second kappa shape index (κ2) is 9.39. The van der Waals surface area contributed by atoms with Crippen molar-refractivity contribution in [2.24, 2.45) is 0 Å². The van der Waals surface area contributed by atoms with Crippen molar-refractivity contribution in [3.05, 3.63) is 68.5 Å². The number of aromatic amines is 1. The van der Waals surface area contributed by atoms with Crippen molar-refractivity contribution in [2.45, 2.75) is 44.3 Å². The number of hydrogen-bond acceptors (Lipinski definition) is 8. The summed E-state index contributed by atoms with van der Waals surface area (Å²) in [7, 11) is 0. The molecule has 4 atom stereocenters. The fraction of sp³-hybridized carbons (Fsp3) is 0.400. The van der Waals surface area contributed by atoms with Crippen LogP contribution in [0, 0.1) is 18.3 Å². The quantitative estimate of drug-likeness (QED) is 0.672. The highest BCUT2D eigenvalue weighted by Crippen LogP contribution is 2.28. The second-order valence-corrected chi connectivity index (χ2v) is 6.85. The fourth-order valence-corrected chi connectivity index (χ4v) is 3.11. The number of ether oxygens (including phenoxy) is 3. The molecule has 0 saturated carbocycles. The molecule has 0 amide bonds. The molecule has 158 valence electrons. The molecule has 1 aromatic heterocycles. The average Bonchev–Trinajstić information content (AvgIpc) is 3.10. The lowest BCUT2D eigenvalue weighted by atomic mass is 10.1. The highest BCUT2D eigenvalue weighted by molar-refractivity contribution is 5.60. The van der Waals surface area contributed by atoms with Crippen LogP contribution in [0.3, 0.4) is 0 Å². The molecule has 3 rings (SSSR count). The number of aryl methyl sites for hydroxylation is 1. The molecular formula is C20H21N3O7. The number of aliphatic hydroxyl groups excluding tert-OH is 1. The first-order valence-corrected chi connectivity index (χ1v) is 9.30. The Bertz CT molecular complexity index is 1040. The molecule has 1 aliphatic rings. The highest BCUT2D eigenvalue weighted by Gasteiger charge is 2.36. The first-order valence-electron chi connectivity index (χ1n) is 9.30. The van der Waals surface area contributed by atoms with Crippen LogP contribution in [-0.4, -0.2) is 39.6 Å². The molecule has 1 unspecified atom stereocenters. The molecule has 10 nitrogen and oxygen atoms in total. The number of nitriles is 1. The number of rotatable bonds is 6. The van der Waals surface area contributed by atoms with Crippen LogP contribution in [0.4, 0.5) is 4.79 Å². The van der Waals surface area contributed by atoms with Gasteiger partial charge in [-0.1, -0.05) is 30.3 Å². The SMILES string of the molecule is Cc1cn([C@H]2C[C@H](O)[C@@H](COC(=O)OC(CC#N)c3ccccc3)O2)c(=O)[nH]c1=O. The molecular weight excluding hydrogens is 394 g/mol. The maximum Gasteiger partial charge on any atom is 0.509 e. The molecule has 0 bridgehead atoms. The predicted octanol–water partition coefficient (Wildman–Crippen LogP) is 1.30. The number of hydrogen-bond donors (Lipinski definition) is 2. The van der Waals surface area contributed by atoms with Gasteiger partial charge in [-0.3, -0.25) is 14.3 Å². The summed E-state index contributed by atoms with van der Waals surface area (Å²) in [6.07, 6.45) is -3.10. The van der Waals surface area contributed by atoms with Crippen LogP contribution in [0.15, 0.2) is 46.1 Å². The smallest absolute Gasteiger partial charge is 0.431 e. The van der Waals surface area contributed by atoms with Gasteiger partial charge < -0.3 is 19.3 Å². The van der Waals surface area contributed by atoms with Crippen LogP contribution in [0.1, 0.15) is 36.3 Å². The Morgan fingerprint density at radius 3 is 2.83 bits per heavy atom. The summed E-state index contributed by atoms with van der Waals surface area (Å²) in [6, 6.07) is 10.7. The monoisotopic (exact) mass is 415 g/mol. The largest absolute Gasteiger partial charge is 0.509 e. The van der Waals surface area contributed by atoms with Crippen molar-refractivity contribution in [1.29, 1.82) is 5.26 Å². The minimum Gasteiger partial charge on any atom is -0.431 e.